The minimum absolute atomic E-state index is 0.197. The first-order valence-electron chi connectivity index (χ1n) is 7.82. The zero-order valence-electron chi connectivity index (χ0n) is 14.6. The van der Waals surface area contributed by atoms with Crippen LogP contribution in [0.25, 0.3) is 0 Å². The van der Waals surface area contributed by atoms with Crippen LogP contribution in [0.4, 0.5) is 17.1 Å². The Morgan fingerprint density at radius 3 is 2.38 bits per heavy atom. The van der Waals surface area contributed by atoms with Crippen LogP contribution in [-0.2, 0) is 14.8 Å². The van der Waals surface area contributed by atoms with Crippen molar-refractivity contribution in [2.24, 2.45) is 0 Å². The van der Waals surface area contributed by atoms with Gasteiger partial charge >= 0.3 is 0 Å². The minimum Gasteiger partial charge on any atom is -0.326 e. The van der Waals surface area contributed by atoms with E-state index in [1.165, 1.54) is 25.1 Å². The number of nitrogens with zero attached hydrogens (tertiary/aromatic N) is 1. The highest BCUT2D eigenvalue weighted by atomic mass is 32.2. The van der Waals surface area contributed by atoms with E-state index in [4.69, 9.17) is 0 Å². The van der Waals surface area contributed by atoms with Crippen LogP contribution in [0, 0.1) is 24.0 Å². The Kier molecular flexibility index (Phi) is 5.61. The molecule has 0 aliphatic rings. The number of nitro benzene ring substituents is 1. The predicted molar refractivity (Wildman–Crippen MR) is 98.7 cm³/mol. The van der Waals surface area contributed by atoms with Crippen molar-refractivity contribution in [3.05, 3.63) is 57.6 Å². The second-order valence-electron chi connectivity index (χ2n) is 5.74. The number of anilines is 2. The second-order valence-corrected chi connectivity index (χ2v) is 7.42. The van der Waals surface area contributed by atoms with Gasteiger partial charge in [-0.3, -0.25) is 19.6 Å². The Morgan fingerprint density at radius 1 is 1.12 bits per heavy atom. The molecule has 0 fully saturated rings. The lowest BCUT2D eigenvalue weighted by Crippen LogP contribution is -2.15. The minimum atomic E-state index is -4.03. The average Bonchev–Trinajstić information content (AvgIpc) is 2.57. The molecule has 2 aromatic rings. The van der Waals surface area contributed by atoms with Crippen molar-refractivity contribution in [2.75, 3.05) is 10.0 Å². The number of aryl methyl sites for hydroxylation is 2. The van der Waals surface area contributed by atoms with Gasteiger partial charge in [-0.1, -0.05) is 19.1 Å². The fraction of sp³-hybridized carbons (Fsp3) is 0.235. The van der Waals surface area contributed by atoms with Crippen LogP contribution in [0.2, 0.25) is 0 Å². The molecule has 0 aromatic heterocycles. The number of sulfonamides is 1. The molecule has 0 aliphatic heterocycles. The van der Waals surface area contributed by atoms with Crippen LogP contribution >= 0.6 is 0 Å². The first-order valence-corrected chi connectivity index (χ1v) is 9.30. The Morgan fingerprint density at radius 2 is 1.77 bits per heavy atom. The van der Waals surface area contributed by atoms with Gasteiger partial charge in [-0.05, 0) is 37.6 Å². The smallest absolute Gasteiger partial charge is 0.273 e. The number of carbonyl (C=O) groups is 1. The molecular formula is C17H19N3O5S. The average molecular weight is 377 g/mol. The molecule has 2 rings (SSSR count). The molecule has 1 amide bonds. The molecule has 0 aliphatic carbocycles. The summed E-state index contributed by atoms with van der Waals surface area (Å²) in [6.45, 7) is 4.95. The summed E-state index contributed by atoms with van der Waals surface area (Å²) in [5.41, 5.74) is 1.48. The fourth-order valence-electron chi connectivity index (χ4n) is 2.22. The topological polar surface area (TPSA) is 118 Å². The summed E-state index contributed by atoms with van der Waals surface area (Å²) in [5, 5.41) is 13.7. The van der Waals surface area contributed by atoms with Crippen LogP contribution < -0.4 is 10.0 Å². The molecule has 0 bridgehead atoms. The summed E-state index contributed by atoms with van der Waals surface area (Å²) in [6.07, 6.45) is 0.294. The fourth-order valence-corrected chi connectivity index (χ4v) is 3.36. The predicted octanol–water partition coefficient (Wildman–Crippen LogP) is 3.36. The third kappa shape index (κ3) is 4.37. The Bertz CT molecular complexity index is 970. The highest BCUT2D eigenvalue weighted by Gasteiger charge is 2.20. The van der Waals surface area contributed by atoms with Crippen molar-refractivity contribution in [3.8, 4) is 0 Å². The number of nitrogens with one attached hydrogen (secondary N) is 2. The van der Waals surface area contributed by atoms with E-state index in [9.17, 15) is 23.3 Å². The number of hydrogen-bond acceptors (Lipinski definition) is 5. The standard InChI is InChI=1S/C17H19N3O5S/c1-4-17(21)18-13-7-5-11(2)15(9-13)19-26(24,25)14-8-6-12(3)16(10-14)20(22)23/h5-10,19H,4H2,1-3H3,(H,18,21). The molecule has 0 unspecified atom stereocenters. The molecule has 0 heterocycles. The monoisotopic (exact) mass is 377 g/mol. The normalized spacial score (nSPS) is 11.0. The molecule has 8 nitrogen and oxygen atoms in total. The maximum Gasteiger partial charge on any atom is 0.273 e. The molecule has 9 heteroatoms. The summed E-state index contributed by atoms with van der Waals surface area (Å²) in [7, 11) is -4.03. The number of rotatable bonds is 6. The SMILES string of the molecule is CCC(=O)Nc1ccc(C)c(NS(=O)(=O)c2ccc(C)c([N+](=O)[O-])c2)c1. The molecule has 0 saturated carbocycles. The van der Waals surface area contributed by atoms with Crippen molar-refractivity contribution in [1.29, 1.82) is 0 Å². The van der Waals surface area contributed by atoms with Crippen molar-refractivity contribution in [1.82, 2.24) is 0 Å². The van der Waals surface area contributed by atoms with Gasteiger partial charge in [-0.15, -0.1) is 0 Å². The van der Waals surface area contributed by atoms with Gasteiger partial charge in [0.2, 0.25) is 5.91 Å². The number of hydrogen-bond donors (Lipinski definition) is 2. The third-order valence-corrected chi connectivity index (χ3v) is 5.14. The van der Waals surface area contributed by atoms with E-state index < -0.39 is 14.9 Å². The van der Waals surface area contributed by atoms with Gasteiger partial charge in [-0.25, -0.2) is 8.42 Å². The molecule has 0 atom stereocenters. The van der Waals surface area contributed by atoms with Crippen molar-refractivity contribution < 1.29 is 18.1 Å². The third-order valence-electron chi connectivity index (χ3n) is 3.77. The summed E-state index contributed by atoms with van der Waals surface area (Å²) >= 11 is 0. The maximum absolute atomic E-state index is 12.6. The van der Waals surface area contributed by atoms with E-state index in [0.29, 0.717) is 23.2 Å². The van der Waals surface area contributed by atoms with Crippen LogP contribution in [0.1, 0.15) is 24.5 Å². The van der Waals surface area contributed by atoms with Gasteiger partial charge in [0, 0.05) is 23.7 Å². The largest absolute Gasteiger partial charge is 0.326 e. The lowest BCUT2D eigenvalue weighted by molar-refractivity contribution is -0.385. The van der Waals surface area contributed by atoms with Crippen LogP contribution in [0.5, 0.6) is 0 Å². The molecule has 0 spiro atoms. The Balaban J connectivity index is 2.38. The zero-order chi connectivity index (χ0) is 19.5. The van der Waals surface area contributed by atoms with E-state index in [2.05, 4.69) is 10.0 Å². The molecule has 2 aromatic carbocycles. The van der Waals surface area contributed by atoms with E-state index in [-0.39, 0.29) is 22.2 Å². The lowest BCUT2D eigenvalue weighted by Gasteiger charge is -2.13. The highest BCUT2D eigenvalue weighted by molar-refractivity contribution is 7.92. The molecule has 2 N–H and O–H groups in total. The van der Waals surface area contributed by atoms with Crippen LogP contribution in [-0.4, -0.2) is 19.2 Å². The maximum atomic E-state index is 12.6. The second kappa shape index (κ2) is 7.52. The van der Waals surface area contributed by atoms with E-state index in [1.807, 2.05) is 0 Å². The quantitative estimate of drug-likeness (QED) is 0.591. The van der Waals surface area contributed by atoms with Crippen molar-refractivity contribution in [2.45, 2.75) is 32.1 Å². The summed E-state index contributed by atoms with van der Waals surface area (Å²) in [4.78, 5) is 21.7. The van der Waals surface area contributed by atoms with E-state index in [0.717, 1.165) is 6.07 Å². The number of amides is 1. The van der Waals surface area contributed by atoms with Crippen LogP contribution in [0.3, 0.4) is 0 Å². The Labute approximate surface area is 151 Å². The van der Waals surface area contributed by atoms with Gasteiger partial charge in [0.15, 0.2) is 0 Å². The zero-order valence-corrected chi connectivity index (χ0v) is 15.4. The summed E-state index contributed by atoms with van der Waals surface area (Å²) in [5.74, 6) is -0.197. The van der Waals surface area contributed by atoms with Gasteiger partial charge in [0.1, 0.15) is 0 Å². The van der Waals surface area contributed by atoms with E-state index >= 15 is 0 Å². The van der Waals surface area contributed by atoms with Crippen molar-refractivity contribution in [3.63, 3.8) is 0 Å². The highest BCUT2D eigenvalue weighted by Crippen LogP contribution is 2.26. The van der Waals surface area contributed by atoms with Gasteiger partial charge in [-0.2, -0.15) is 0 Å². The molecular weight excluding hydrogens is 358 g/mol. The number of nitro groups is 1. The van der Waals surface area contributed by atoms with Crippen LogP contribution in [0.15, 0.2) is 41.3 Å². The number of benzene rings is 2. The molecule has 0 radical (unpaired) electrons. The first-order chi connectivity index (χ1) is 12.1. The summed E-state index contributed by atoms with van der Waals surface area (Å²) < 4.78 is 27.6. The van der Waals surface area contributed by atoms with Gasteiger partial charge < -0.3 is 5.32 Å². The number of carbonyl (C=O) groups excluding carboxylic acids is 1. The summed E-state index contributed by atoms with van der Waals surface area (Å²) in [6, 6.07) is 8.55. The van der Waals surface area contributed by atoms with Gasteiger partial charge in [0.25, 0.3) is 15.7 Å². The lowest BCUT2D eigenvalue weighted by atomic mass is 10.2. The molecule has 26 heavy (non-hydrogen) atoms. The molecule has 0 saturated heterocycles. The Hall–Kier alpha value is -2.94. The van der Waals surface area contributed by atoms with E-state index in [1.54, 1.807) is 26.0 Å². The first kappa shape index (κ1) is 19.4. The van der Waals surface area contributed by atoms with Crippen molar-refractivity contribution >= 4 is 33.0 Å². The van der Waals surface area contributed by atoms with Gasteiger partial charge in [0.05, 0.1) is 15.5 Å². The molecule has 138 valence electrons.